The van der Waals surface area contributed by atoms with Crippen molar-refractivity contribution in [2.24, 2.45) is 0 Å². The maximum Gasteiger partial charge on any atom is 0.413 e. The second kappa shape index (κ2) is 5.02. The van der Waals surface area contributed by atoms with Gasteiger partial charge in [-0.1, -0.05) is 48.5 Å². The van der Waals surface area contributed by atoms with E-state index in [-0.39, 0.29) is 6.09 Å². The predicted octanol–water partition coefficient (Wildman–Crippen LogP) is 4.29. The van der Waals surface area contributed by atoms with E-state index in [2.05, 4.69) is 48.5 Å². The molecule has 0 radical (unpaired) electrons. The molecule has 1 aliphatic carbocycles. The van der Waals surface area contributed by atoms with Crippen LogP contribution in [0.4, 0.5) is 4.79 Å². The van der Waals surface area contributed by atoms with E-state index >= 15 is 0 Å². The van der Waals surface area contributed by atoms with Gasteiger partial charge in [0.2, 0.25) is 0 Å². The minimum absolute atomic E-state index is 0.262. The highest BCUT2D eigenvalue weighted by Gasteiger charge is 2.32. The summed E-state index contributed by atoms with van der Waals surface area (Å²) in [5.41, 5.74) is 7.21. The Morgan fingerprint density at radius 3 is 2.05 bits per heavy atom. The summed E-state index contributed by atoms with van der Waals surface area (Å²) in [4.78, 5) is 13.9. The van der Waals surface area contributed by atoms with Gasteiger partial charge < -0.3 is 4.74 Å². The van der Waals surface area contributed by atoms with Crippen LogP contribution in [0, 0.1) is 0 Å². The SMILES string of the molecule is COC(=O)N1CCCC1=C1c2ccccc2-c2ccccc21. The molecular formula is C19H17NO2. The zero-order chi connectivity index (χ0) is 15.1. The highest BCUT2D eigenvalue weighted by atomic mass is 16.5. The third-order valence-electron chi connectivity index (χ3n) is 4.49. The molecule has 0 N–H and O–H groups in total. The fourth-order valence-corrected chi connectivity index (χ4v) is 3.57. The first-order valence-electron chi connectivity index (χ1n) is 7.59. The smallest absolute Gasteiger partial charge is 0.413 e. The van der Waals surface area contributed by atoms with E-state index in [1.165, 1.54) is 34.9 Å². The normalized spacial score (nSPS) is 15.8. The fraction of sp³-hybridized carbons (Fsp3) is 0.211. The Morgan fingerprint density at radius 2 is 1.50 bits per heavy atom. The number of allylic oxidation sites excluding steroid dienone is 1. The number of hydrogen-bond acceptors (Lipinski definition) is 2. The Morgan fingerprint density at radius 1 is 0.955 bits per heavy atom. The van der Waals surface area contributed by atoms with Crippen LogP contribution < -0.4 is 0 Å². The molecule has 0 unspecified atom stereocenters. The number of rotatable bonds is 0. The molecule has 1 saturated heterocycles. The number of hydrogen-bond donors (Lipinski definition) is 0. The van der Waals surface area contributed by atoms with Gasteiger partial charge >= 0.3 is 6.09 Å². The number of carbonyl (C=O) groups is 1. The van der Waals surface area contributed by atoms with E-state index in [1.807, 2.05) is 0 Å². The van der Waals surface area contributed by atoms with Gasteiger partial charge in [-0.2, -0.15) is 0 Å². The number of nitrogens with zero attached hydrogens (tertiary/aromatic N) is 1. The lowest BCUT2D eigenvalue weighted by Gasteiger charge is -2.19. The lowest BCUT2D eigenvalue weighted by molar-refractivity contribution is 0.141. The molecule has 4 rings (SSSR count). The maximum absolute atomic E-state index is 12.1. The van der Waals surface area contributed by atoms with Crippen LogP contribution in [0.5, 0.6) is 0 Å². The molecule has 2 aromatic carbocycles. The quantitative estimate of drug-likeness (QED) is 0.618. The Bertz CT molecular complexity index is 744. The Balaban J connectivity index is 1.98. The Labute approximate surface area is 129 Å². The minimum Gasteiger partial charge on any atom is -0.452 e. The summed E-state index contributed by atoms with van der Waals surface area (Å²) in [5.74, 6) is 0. The molecule has 1 fully saturated rings. The molecule has 0 bridgehead atoms. The summed E-state index contributed by atoms with van der Waals surface area (Å²) in [6.45, 7) is 0.732. The molecule has 0 saturated carbocycles. The molecule has 3 nitrogen and oxygen atoms in total. The summed E-state index contributed by atoms with van der Waals surface area (Å²) in [7, 11) is 1.44. The monoisotopic (exact) mass is 291 g/mol. The average molecular weight is 291 g/mol. The first kappa shape index (κ1) is 13.1. The van der Waals surface area contributed by atoms with Crippen molar-refractivity contribution in [3.05, 3.63) is 65.4 Å². The van der Waals surface area contributed by atoms with E-state index in [9.17, 15) is 4.79 Å². The number of likely N-dealkylation sites (tertiary alicyclic amines) is 1. The number of methoxy groups -OCH3 is 1. The van der Waals surface area contributed by atoms with Crippen LogP contribution in [0.1, 0.15) is 24.0 Å². The van der Waals surface area contributed by atoms with Crippen LogP contribution in [-0.2, 0) is 4.74 Å². The lowest BCUT2D eigenvalue weighted by atomic mass is 10.0. The number of fused-ring (bicyclic) bond motifs is 3. The van der Waals surface area contributed by atoms with Crippen molar-refractivity contribution in [1.82, 2.24) is 4.90 Å². The van der Waals surface area contributed by atoms with Gasteiger partial charge in [0, 0.05) is 17.8 Å². The van der Waals surface area contributed by atoms with E-state index < -0.39 is 0 Å². The van der Waals surface area contributed by atoms with Crippen molar-refractivity contribution < 1.29 is 9.53 Å². The first-order valence-corrected chi connectivity index (χ1v) is 7.59. The van der Waals surface area contributed by atoms with Gasteiger partial charge in [-0.15, -0.1) is 0 Å². The lowest BCUT2D eigenvalue weighted by Crippen LogP contribution is -2.26. The van der Waals surface area contributed by atoms with E-state index in [1.54, 1.807) is 4.90 Å². The molecule has 1 amide bonds. The van der Waals surface area contributed by atoms with Crippen LogP contribution >= 0.6 is 0 Å². The number of carbonyl (C=O) groups excluding carboxylic acids is 1. The highest BCUT2D eigenvalue weighted by Crippen LogP contribution is 2.47. The van der Waals surface area contributed by atoms with Crippen molar-refractivity contribution in [3.63, 3.8) is 0 Å². The van der Waals surface area contributed by atoms with E-state index in [4.69, 9.17) is 4.74 Å². The van der Waals surface area contributed by atoms with Gasteiger partial charge in [-0.05, 0) is 35.1 Å². The summed E-state index contributed by atoms with van der Waals surface area (Å²) < 4.78 is 4.95. The van der Waals surface area contributed by atoms with Crippen LogP contribution in [-0.4, -0.2) is 24.6 Å². The molecule has 1 aliphatic heterocycles. The third-order valence-corrected chi connectivity index (χ3v) is 4.49. The molecule has 110 valence electrons. The van der Waals surface area contributed by atoms with Crippen LogP contribution in [0.3, 0.4) is 0 Å². The zero-order valence-electron chi connectivity index (χ0n) is 12.5. The van der Waals surface area contributed by atoms with Crippen molar-refractivity contribution >= 4 is 11.7 Å². The molecule has 1 heterocycles. The van der Waals surface area contributed by atoms with Crippen LogP contribution in [0.15, 0.2) is 54.2 Å². The molecular weight excluding hydrogens is 274 g/mol. The van der Waals surface area contributed by atoms with Gasteiger partial charge in [0.25, 0.3) is 0 Å². The van der Waals surface area contributed by atoms with Crippen molar-refractivity contribution in [2.45, 2.75) is 12.8 Å². The van der Waals surface area contributed by atoms with Crippen LogP contribution in [0.25, 0.3) is 16.7 Å². The van der Waals surface area contributed by atoms with Crippen molar-refractivity contribution in [1.29, 1.82) is 0 Å². The first-order chi connectivity index (χ1) is 10.8. The summed E-state index contributed by atoms with van der Waals surface area (Å²) in [6.07, 6.45) is 1.63. The van der Waals surface area contributed by atoms with Crippen LogP contribution in [0.2, 0.25) is 0 Å². The molecule has 22 heavy (non-hydrogen) atoms. The number of benzene rings is 2. The Hall–Kier alpha value is -2.55. The van der Waals surface area contributed by atoms with E-state index in [0.717, 1.165) is 25.1 Å². The summed E-state index contributed by atoms with van der Waals surface area (Å²) >= 11 is 0. The van der Waals surface area contributed by atoms with Gasteiger partial charge in [0.05, 0.1) is 7.11 Å². The van der Waals surface area contributed by atoms with Gasteiger partial charge in [-0.3, -0.25) is 4.90 Å². The third kappa shape index (κ3) is 1.78. The summed E-state index contributed by atoms with van der Waals surface area (Å²) in [5, 5.41) is 0. The molecule has 2 aromatic rings. The van der Waals surface area contributed by atoms with E-state index in [0.29, 0.717) is 0 Å². The predicted molar refractivity (Wildman–Crippen MR) is 86.2 cm³/mol. The van der Waals surface area contributed by atoms with Crippen molar-refractivity contribution in [3.8, 4) is 11.1 Å². The molecule has 0 spiro atoms. The fourth-order valence-electron chi connectivity index (χ4n) is 3.57. The average Bonchev–Trinajstić information content (AvgIpc) is 3.16. The second-order valence-corrected chi connectivity index (χ2v) is 5.64. The molecule has 2 aliphatic rings. The highest BCUT2D eigenvalue weighted by molar-refractivity contribution is 6.02. The van der Waals surface area contributed by atoms with Gasteiger partial charge in [-0.25, -0.2) is 4.79 Å². The maximum atomic E-state index is 12.1. The Kier molecular flexibility index (Phi) is 3.00. The largest absolute Gasteiger partial charge is 0.452 e. The molecule has 0 atom stereocenters. The number of amides is 1. The summed E-state index contributed by atoms with van der Waals surface area (Å²) in [6, 6.07) is 16.8. The van der Waals surface area contributed by atoms with Crippen molar-refractivity contribution in [2.75, 3.05) is 13.7 Å². The topological polar surface area (TPSA) is 29.5 Å². The van der Waals surface area contributed by atoms with Gasteiger partial charge in [0.15, 0.2) is 0 Å². The second-order valence-electron chi connectivity index (χ2n) is 5.64. The minimum atomic E-state index is -0.262. The number of ether oxygens (including phenoxy) is 1. The molecule has 0 aromatic heterocycles. The van der Waals surface area contributed by atoms with Gasteiger partial charge in [0.1, 0.15) is 0 Å². The zero-order valence-corrected chi connectivity index (χ0v) is 12.5. The standard InChI is InChI=1S/C19H17NO2/c1-22-19(21)20-12-6-11-17(20)18-15-9-4-2-7-13(15)14-8-3-5-10-16(14)18/h2-5,7-10H,6,11-12H2,1H3. The molecule has 3 heteroatoms.